The molecule has 0 spiro atoms. The van der Waals surface area contributed by atoms with Gasteiger partial charge in [-0.1, -0.05) is 65.7 Å². The van der Waals surface area contributed by atoms with Crippen molar-refractivity contribution in [3.8, 4) is 11.3 Å². The third kappa shape index (κ3) is 4.61. The molecule has 166 valence electrons. The number of aromatic amines is 1. The Morgan fingerprint density at radius 2 is 1.67 bits per heavy atom. The van der Waals surface area contributed by atoms with Gasteiger partial charge in [0.05, 0.1) is 18.0 Å². The van der Waals surface area contributed by atoms with Crippen LogP contribution in [0.5, 0.6) is 0 Å². The Morgan fingerprint density at radius 3 is 2.36 bits per heavy atom. The van der Waals surface area contributed by atoms with Crippen LogP contribution in [-0.2, 0) is 6.42 Å². The zero-order valence-corrected chi connectivity index (χ0v) is 19.7. The van der Waals surface area contributed by atoms with Gasteiger partial charge in [0.25, 0.3) is 0 Å². The number of nitrogens with one attached hydrogen (secondary N) is 2. The highest BCUT2D eigenvalue weighted by Gasteiger charge is 2.20. The van der Waals surface area contributed by atoms with Crippen molar-refractivity contribution in [3.63, 3.8) is 0 Å². The molecular formula is C26H23Cl2N5. The summed E-state index contributed by atoms with van der Waals surface area (Å²) in [4.78, 5) is 8.13. The summed E-state index contributed by atoms with van der Waals surface area (Å²) in [5, 5.41) is 12.7. The van der Waals surface area contributed by atoms with E-state index in [2.05, 4.69) is 33.5 Å². The number of para-hydroxylation sites is 1. The summed E-state index contributed by atoms with van der Waals surface area (Å²) in [6.07, 6.45) is 0.636. The molecule has 0 atom stereocenters. The van der Waals surface area contributed by atoms with Crippen molar-refractivity contribution in [2.45, 2.75) is 6.42 Å². The molecule has 5 rings (SSSR count). The van der Waals surface area contributed by atoms with E-state index in [1.165, 1.54) is 0 Å². The Kier molecular flexibility index (Phi) is 6.07. The van der Waals surface area contributed by atoms with E-state index in [1.54, 1.807) is 0 Å². The van der Waals surface area contributed by atoms with Gasteiger partial charge in [0.15, 0.2) is 0 Å². The minimum absolute atomic E-state index is 0.636. The number of fused-ring (bicyclic) bond motifs is 1. The first-order valence-corrected chi connectivity index (χ1v) is 11.5. The number of guanidine groups is 1. The van der Waals surface area contributed by atoms with Crippen molar-refractivity contribution in [2.24, 2.45) is 10.1 Å². The molecular weight excluding hydrogens is 453 g/mol. The van der Waals surface area contributed by atoms with Crippen LogP contribution in [-0.4, -0.2) is 41.8 Å². The molecule has 7 heteroatoms. The first-order valence-electron chi connectivity index (χ1n) is 10.8. The fourth-order valence-corrected chi connectivity index (χ4v) is 4.33. The van der Waals surface area contributed by atoms with Gasteiger partial charge in [0.2, 0.25) is 5.96 Å². The lowest BCUT2D eigenvalue weighted by atomic mass is 9.96. The molecule has 0 saturated carbocycles. The fraction of sp³-hybridized carbons (Fsp3) is 0.154. The SMILES string of the molecule is CN(N=C(Cc1ccc(Cl)cc1)c1c(-c2ccc(Cl)cc2)[nH]c2ccccc12)C1=NCCN1. The Balaban J connectivity index is 1.69. The Morgan fingerprint density at radius 1 is 0.970 bits per heavy atom. The van der Waals surface area contributed by atoms with Crippen LogP contribution in [0.2, 0.25) is 10.0 Å². The molecule has 0 amide bonds. The summed E-state index contributed by atoms with van der Waals surface area (Å²) < 4.78 is 0. The van der Waals surface area contributed by atoms with Gasteiger partial charge in [-0.2, -0.15) is 5.10 Å². The zero-order chi connectivity index (χ0) is 22.8. The average molecular weight is 476 g/mol. The van der Waals surface area contributed by atoms with Crippen LogP contribution < -0.4 is 5.32 Å². The minimum atomic E-state index is 0.636. The molecule has 1 aromatic heterocycles. The number of nitrogens with zero attached hydrogens (tertiary/aromatic N) is 3. The van der Waals surface area contributed by atoms with Gasteiger partial charge in [-0.15, -0.1) is 0 Å². The van der Waals surface area contributed by atoms with Crippen molar-refractivity contribution < 1.29 is 0 Å². The maximum atomic E-state index is 6.17. The van der Waals surface area contributed by atoms with E-state index in [0.29, 0.717) is 16.5 Å². The normalized spacial score (nSPS) is 13.8. The third-order valence-corrected chi connectivity index (χ3v) is 6.15. The molecule has 2 N–H and O–H groups in total. The molecule has 4 aromatic rings. The predicted molar refractivity (Wildman–Crippen MR) is 139 cm³/mol. The number of hydrogen-bond acceptors (Lipinski definition) is 4. The van der Waals surface area contributed by atoms with Crippen molar-refractivity contribution in [3.05, 3.63) is 94.0 Å². The summed E-state index contributed by atoms with van der Waals surface area (Å²) in [7, 11) is 1.93. The van der Waals surface area contributed by atoms with Gasteiger partial charge >= 0.3 is 0 Å². The molecule has 0 fully saturated rings. The summed E-state index contributed by atoms with van der Waals surface area (Å²) in [6, 6.07) is 24.1. The largest absolute Gasteiger partial charge is 0.354 e. The van der Waals surface area contributed by atoms with Gasteiger partial charge in [-0.3, -0.25) is 0 Å². The molecule has 0 unspecified atom stereocenters. The van der Waals surface area contributed by atoms with E-state index in [1.807, 2.05) is 66.7 Å². The van der Waals surface area contributed by atoms with Gasteiger partial charge in [-0.05, 0) is 41.5 Å². The average Bonchev–Trinajstić information content (AvgIpc) is 3.49. The summed E-state index contributed by atoms with van der Waals surface area (Å²) >= 11 is 12.3. The second-order valence-corrected chi connectivity index (χ2v) is 8.81. The fourth-order valence-electron chi connectivity index (χ4n) is 4.07. The van der Waals surface area contributed by atoms with Crippen molar-refractivity contribution in [2.75, 3.05) is 20.1 Å². The molecule has 2 heterocycles. The van der Waals surface area contributed by atoms with E-state index >= 15 is 0 Å². The summed E-state index contributed by atoms with van der Waals surface area (Å²) in [5.74, 6) is 0.775. The Hall–Kier alpha value is -3.28. The van der Waals surface area contributed by atoms with Gasteiger partial charge in [-0.25, -0.2) is 10.0 Å². The topological polar surface area (TPSA) is 55.8 Å². The number of hydrazone groups is 1. The van der Waals surface area contributed by atoms with E-state index in [4.69, 9.17) is 28.3 Å². The van der Waals surface area contributed by atoms with Gasteiger partial charge in [0, 0.05) is 46.5 Å². The standard InChI is InChI=1S/C26H23Cl2N5/c1-33(26-29-14-15-30-26)32-23(16-17-6-10-19(27)11-7-17)24-21-4-2-3-5-22(21)31-25(24)18-8-12-20(28)13-9-18/h2-13,31H,14-16H2,1H3,(H,29,30). The highest BCUT2D eigenvalue weighted by molar-refractivity contribution is 6.31. The first-order chi connectivity index (χ1) is 16.1. The molecule has 1 aliphatic heterocycles. The van der Waals surface area contributed by atoms with Crippen LogP contribution in [0.1, 0.15) is 11.1 Å². The molecule has 3 aromatic carbocycles. The predicted octanol–water partition coefficient (Wildman–Crippen LogP) is 5.98. The lowest BCUT2D eigenvalue weighted by molar-refractivity contribution is 0.526. The molecule has 0 bridgehead atoms. The lowest BCUT2D eigenvalue weighted by Gasteiger charge is -2.17. The summed E-state index contributed by atoms with van der Waals surface area (Å²) in [6.45, 7) is 1.58. The van der Waals surface area contributed by atoms with E-state index in [0.717, 1.165) is 58.0 Å². The smallest absolute Gasteiger partial charge is 0.214 e. The zero-order valence-electron chi connectivity index (χ0n) is 18.1. The highest BCUT2D eigenvalue weighted by Crippen LogP contribution is 2.33. The van der Waals surface area contributed by atoms with Crippen molar-refractivity contribution >= 4 is 45.8 Å². The number of hydrogen-bond donors (Lipinski definition) is 2. The maximum absolute atomic E-state index is 6.17. The van der Waals surface area contributed by atoms with E-state index in [-0.39, 0.29) is 0 Å². The number of H-pyrrole nitrogens is 1. The Labute approximate surface area is 202 Å². The second-order valence-electron chi connectivity index (χ2n) is 7.93. The monoisotopic (exact) mass is 475 g/mol. The molecule has 1 aliphatic rings. The second kappa shape index (κ2) is 9.30. The number of rotatable bonds is 5. The molecule has 0 radical (unpaired) electrons. The number of halogens is 2. The van der Waals surface area contributed by atoms with Gasteiger partial charge < -0.3 is 10.3 Å². The number of aromatic nitrogens is 1. The van der Waals surface area contributed by atoms with E-state index < -0.39 is 0 Å². The first kappa shape index (κ1) is 21.6. The van der Waals surface area contributed by atoms with Crippen LogP contribution >= 0.6 is 23.2 Å². The van der Waals surface area contributed by atoms with Crippen LogP contribution in [0.4, 0.5) is 0 Å². The van der Waals surface area contributed by atoms with Crippen LogP contribution in [0, 0.1) is 0 Å². The number of benzene rings is 3. The van der Waals surface area contributed by atoms with Crippen LogP contribution in [0.25, 0.3) is 22.2 Å². The van der Waals surface area contributed by atoms with Gasteiger partial charge in [0.1, 0.15) is 0 Å². The molecule has 0 aliphatic carbocycles. The molecule has 0 saturated heterocycles. The highest BCUT2D eigenvalue weighted by atomic mass is 35.5. The number of aliphatic imine (C=N–C) groups is 1. The molecule has 5 nitrogen and oxygen atoms in total. The van der Waals surface area contributed by atoms with Crippen molar-refractivity contribution in [1.29, 1.82) is 0 Å². The Bertz CT molecular complexity index is 1340. The molecule has 33 heavy (non-hydrogen) atoms. The minimum Gasteiger partial charge on any atom is -0.354 e. The maximum Gasteiger partial charge on any atom is 0.214 e. The third-order valence-electron chi connectivity index (χ3n) is 5.65. The van der Waals surface area contributed by atoms with E-state index in [9.17, 15) is 0 Å². The van der Waals surface area contributed by atoms with Crippen LogP contribution in [0.3, 0.4) is 0 Å². The van der Waals surface area contributed by atoms with Crippen molar-refractivity contribution in [1.82, 2.24) is 15.3 Å². The van der Waals surface area contributed by atoms with Crippen LogP contribution in [0.15, 0.2) is 82.9 Å². The quantitative estimate of drug-likeness (QED) is 0.275. The lowest BCUT2D eigenvalue weighted by Crippen LogP contribution is -2.33. The summed E-state index contributed by atoms with van der Waals surface area (Å²) in [5.41, 5.74) is 6.23.